The average Bonchev–Trinajstić information content (AvgIpc) is 3.04. The third kappa shape index (κ3) is 4.44. The first kappa shape index (κ1) is 18.5. The van der Waals surface area contributed by atoms with Gasteiger partial charge in [0.25, 0.3) is 0 Å². The van der Waals surface area contributed by atoms with E-state index >= 15 is 0 Å². The molecule has 0 saturated carbocycles. The molecule has 1 unspecified atom stereocenters. The van der Waals surface area contributed by atoms with Gasteiger partial charge in [0.2, 0.25) is 0 Å². The van der Waals surface area contributed by atoms with Gasteiger partial charge in [0.1, 0.15) is 17.6 Å². The Labute approximate surface area is 163 Å². The third-order valence-electron chi connectivity index (χ3n) is 3.53. The van der Waals surface area contributed by atoms with Gasteiger partial charge >= 0.3 is 5.97 Å². The molecule has 0 saturated heterocycles. The zero-order valence-corrected chi connectivity index (χ0v) is 16.3. The molecule has 0 bridgehead atoms. The highest BCUT2D eigenvalue weighted by atomic mass is 79.9. The molecule has 134 valence electrons. The Morgan fingerprint density at radius 3 is 2.54 bits per heavy atom. The summed E-state index contributed by atoms with van der Waals surface area (Å²) < 4.78 is 8.60. The first-order chi connectivity index (χ1) is 12.5. The van der Waals surface area contributed by atoms with Crippen molar-refractivity contribution in [1.29, 1.82) is 0 Å². The van der Waals surface area contributed by atoms with E-state index in [-0.39, 0.29) is 6.61 Å². The van der Waals surface area contributed by atoms with E-state index in [0.717, 1.165) is 21.9 Å². The first-order valence-electron chi connectivity index (χ1n) is 7.82. The lowest BCUT2D eigenvalue weighted by Gasteiger charge is -2.12. The molecule has 0 aliphatic rings. The van der Waals surface area contributed by atoms with Gasteiger partial charge in [-0.2, -0.15) is 0 Å². The number of halogens is 1. The molecule has 0 amide bonds. The summed E-state index contributed by atoms with van der Waals surface area (Å²) >= 11 is 4.53. The number of thioether (sulfide) groups is 1. The van der Waals surface area contributed by atoms with Crippen LogP contribution in [-0.4, -0.2) is 31.1 Å². The van der Waals surface area contributed by atoms with Gasteiger partial charge in [0, 0.05) is 10.2 Å². The standard InChI is InChI=1S/C18H16BrN3O3S/c1-12(17(23)24)26-18-21-20-16(22(18)14-5-3-2-4-6-14)11-25-15-9-7-13(19)8-10-15/h2-10,12H,11H2,1H3,(H,23,24). The van der Waals surface area contributed by atoms with E-state index in [1.54, 1.807) is 6.92 Å². The normalized spacial score (nSPS) is 11.9. The maximum absolute atomic E-state index is 11.2. The molecule has 0 aliphatic carbocycles. The fraction of sp³-hybridized carbons (Fsp3) is 0.167. The Bertz CT molecular complexity index is 884. The topological polar surface area (TPSA) is 77.2 Å². The van der Waals surface area contributed by atoms with Crippen LogP contribution in [0.2, 0.25) is 0 Å². The Hall–Kier alpha value is -2.32. The summed E-state index contributed by atoms with van der Waals surface area (Å²) in [6.45, 7) is 1.83. The van der Waals surface area contributed by atoms with Gasteiger partial charge in [-0.05, 0) is 43.3 Å². The molecule has 6 nitrogen and oxygen atoms in total. The van der Waals surface area contributed by atoms with Gasteiger partial charge in [-0.25, -0.2) is 0 Å². The van der Waals surface area contributed by atoms with E-state index in [9.17, 15) is 9.90 Å². The predicted octanol–water partition coefficient (Wildman–Crippen LogP) is 4.17. The van der Waals surface area contributed by atoms with Crippen molar-refractivity contribution in [2.75, 3.05) is 0 Å². The highest BCUT2D eigenvalue weighted by Gasteiger charge is 2.20. The molecule has 3 rings (SSSR count). The van der Waals surface area contributed by atoms with Crippen molar-refractivity contribution in [3.05, 3.63) is 64.9 Å². The van der Waals surface area contributed by atoms with E-state index in [4.69, 9.17) is 4.74 Å². The fourth-order valence-electron chi connectivity index (χ4n) is 2.19. The molecular formula is C18H16BrN3O3S. The van der Waals surface area contributed by atoms with Crippen LogP contribution >= 0.6 is 27.7 Å². The number of carboxylic acids is 1. The Balaban J connectivity index is 1.88. The van der Waals surface area contributed by atoms with E-state index in [2.05, 4.69) is 26.1 Å². The maximum Gasteiger partial charge on any atom is 0.316 e. The zero-order valence-electron chi connectivity index (χ0n) is 13.9. The minimum atomic E-state index is -0.898. The Morgan fingerprint density at radius 1 is 1.19 bits per heavy atom. The van der Waals surface area contributed by atoms with E-state index in [0.29, 0.717) is 16.7 Å². The molecule has 3 aromatic rings. The van der Waals surface area contributed by atoms with Crippen LogP contribution in [-0.2, 0) is 11.4 Å². The Kier molecular flexibility index (Phi) is 5.95. The SMILES string of the molecule is CC(Sc1nnc(COc2ccc(Br)cc2)n1-c1ccccc1)C(=O)O. The summed E-state index contributed by atoms with van der Waals surface area (Å²) in [5.41, 5.74) is 0.854. The van der Waals surface area contributed by atoms with Crippen LogP contribution in [0.3, 0.4) is 0 Å². The van der Waals surface area contributed by atoms with E-state index in [1.807, 2.05) is 59.2 Å². The third-order valence-corrected chi connectivity index (χ3v) is 5.09. The van der Waals surface area contributed by atoms with Crippen LogP contribution in [0.15, 0.2) is 64.2 Å². The number of rotatable bonds is 7. The lowest BCUT2D eigenvalue weighted by atomic mass is 10.3. The number of hydrogen-bond acceptors (Lipinski definition) is 5. The number of nitrogens with zero attached hydrogens (tertiary/aromatic N) is 3. The number of ether oxygens (including phenoxy) is 1. The number of carboxylic acid groups (broad SMARTS) is 1. The Morgan fingerprint density at radius 2 is 1.88 bits per heavy atom. The summed E-state index contributed by atoms with van der Waals surface area (Å²) in [6, 6.07) is 17.1. The number of aliphatic carboxylic acids is 1. The second-order valence-electron chi connectivity index (χ2n) is 5.41. The molecule has 0 aliphatic heterocycles. The lowest BCUT2D eigenvalue weighted by molar-refractivity contribution is -0.136. The van der Waals surface area contributed by atoms with Crippen molar-refractivity contribution < 1.29 is 14.6 Å². The second-order valence-corrected chi connectivity index (χ2v) is 7.63. The first-order valence-corrected chi connectivity index (χ1v) is 9.49. The maximum atomic E-state index is 11.2. The molecule has 1 heterocycles. The summed E-state index contributed by atoms with van der Waals surface area (Å²) in [5, 5.41) is 17.4. The van der Waals surface area contributed by atoms with Crippen LogP contribution in [0.25, 0.3) is 5.69 Å². The summed E-state index contributed by atoms with van der Waals surface area (Å²) in [6.07, 6.45) is 0. The monoisotopic (exact) mass is 433 g/mol. The van der Waals surface area contributed by atoms with Crippen LogP contribution in [0.5, 0.6) is 5.75 Å². The molecule has 1 N–H and O–H groups in total. The molecular weight excluding hydrogens is 418 g/mol. The van der Waals surface area contributed by atoms with Crippen LogP contribution in [0, 0.1) is 0 Å². The van der Waals surface area contributed by atoms with Crippen LogP contribution in [0.1, 0.15) is 12.7 Å². The van der Waals surface area contributed by atoms with Crippen molar-refractivity contribution in [2.45, 2.75) is 23.9 Å². The number of hydrogen-bond donors (Lipinski definition) is 1. The average molecular weight is 434 g/mol. The van der Waals surface area contributed by atoms with Gasteiger partial charge in [-0.3, -0.25) is 9.36 Å². The molecule has 0 fully saturated rings. The number of benzene rings is 2. The smallest absolute Gasteiger partial charge is 0.316 e. The minimum Gasteiger partial charge on any atom is -0.486 e. The molecule has 0 radical (unpaired) electrons. The zero-order chi connectivity index (χ0) is 18.5. The van der Waals surface area contributed by atoms with Gasteiger partial charge in [-0.15, -0.1) is 10.2 Å². The van der Waals surface area contributed by atoms with Gasteiger partial charge in [0.05, 0.1) is 0 Å². The number of carbonyl (C=O) groups is 1. The molecule has 2 aromatic carbocycles. The van der Waals surface area contributed by atoms with E-state index in [1.165, 1.54) is 0 Å². The molecule has 1 atom stereocenters. The van der Waals surface area contributed by atoms with Crippen molar-refractivity contribution in [1.82, 2.24) is 14.8 Å². The summed E-state index contributed by atoms with van der Waals surface area (Å²) in [5.74, 6) is 0.411. The number of aromatic nitrogens is 3. The molecule has 0 spiro atoms. The van der Waals surface area contributed by atoms with Crippen molar-refractivity contribution in [2.24, 2.45) is 0 Å². The van der Waals surface area contributed by atoms with Crippen molar-refractivity contribution in [3.63, 3.8) is 0 Å². The van der Waals surface area contributed by atoms with Crippen LogP contribution < -0.4 is 4.74 Å². The predicted molar refractivity (Wildman–Crippen MR) is 103 cm³/mol. The van der Waals surface area contributed by atoms with E-state index < -0.39 is 11.2 Å². The highest BCUT2D eigenvalue weighted by Crippen LogP contribution is 2.26. The quantitative estimate of drug-likeness (QED) is 0.563. The second kappa shape index (κ2) is 8.37. The molecule has 8 heteroatoms. The highest BCUT2D eigenvalue weighted by molar-refractivity contribution is 9.10. The van der Waals surface area contributed by atoms with Gasteiger partial charge < -0.3 is 9.84 Å². The number of para-hydroxylation sites is 1. The van der Waals surface area contributed by atoms with Gasteiger partial charge in [0.15, 0.2) is 11.0 Å². The van der Waals surface area contributed by atoms with Crippen molar-refractivity contribution in [3.8, 4) is 11.4 Å². The summed E-state index contributed by atoms with van der Waals surface area (Å²) in [4.78, 5) is 11.2. The fourth-order valence-corrected chi connectivity index (χ4v) is 3.28. The largest absolute Gasteiger partial charge is 0.486 e. The van der Waals surface area contributed by atoms with Crippen molar-refractivity contribution >= 4 is 33.7 Å². The van der Waals surface area contributed by atoms with Crippen LogP contribution in [0.4, 0.5) is 0 Å². The van der Waals surface area contributed by atoms with Gasteiger partial charge in [-0.1, -0.05) is 45.9 Å². The minimum absolute atomic E-state index is 0.214. The lowest BCUT2D eigenvalue weighted by Crippen LogP contribution is -2.13. The summed E-state index contributed by atoms with van der Waals surface area (Å²) in [7, 11) is 0. The molecule has 1 aromatic heterocycles. The molecule has 26 heavy (non-hydrogen) atoms.